The van der Waals surface area contributed by atoms with Crippen molar-refractivity contribution in [2.75, 3.05) is 0 Å². The number of carboxylic acid groups (broad SMARTS) is 2. The summed E-state index contributed by atoms with van der Waals surface area (Å²) in [5.41, 5.74) is 0. The van der Waals surface area contributed by atoms with Crippen molar-refractivity contribution in [3.8, 4) is 0 Å². The third kappa shape index (κ3) is 20.5. The number of aliphatic hydroxyl groups is 2. The first-order valence-electron chi connectivity index (χ1n) is 6.83. The number of hydrogen-bond acceptors (Lipinski definition) is 6. The largest absolute Gasteiger partial charge is 0.481 e. The number of carbonyl (C=O) groups excluding carboxylic acids is 2. The van der Waals surface area contributed by atoms with Gasteiger partial charge in [0.2, 0.25) is 0 Å². The van der Waals surface area contributed by atoms with Gasteiger partial charge in [0.05, 0.1) is 12.2 Å². The predicted octanol–water partition coefficient (Wildman–Crippen LogP) is 0.382. The van der Waals surface area contributed by atoms with E-state index in [0.717, 1.165) is 25.7 Å². The van der Waals surface area contributed by atoms with E-state index in [2.05, 4.69) is 0 Å². The molecule has 0 unspecified atom stereocenters. The Bertz CT molecular complexity index is 309. The molecule has 0 aromatic heterocycles. The lowest BCUT2D eigenvalue weighted by molar-refractivity contribution is -0.141. The van der Waals surface area contributed by atoms with E-state index in [1.807, 2.05) is 0 Å². The van der Waals surface area contributed by atoms with E-state index in [1.165, 1.54) is 13.8 Å². The highest BCUT2D eigenvalue weighted by molar-refractivity contribution is 5.93. The van der Waals surface area contributed by atoms with Gasteiger partial charge >= 0.3 is 11.9 Å². The van der Waals surface area contributed by atoms with Crippen LogP contribution in [0.4, 0.5) is 0 Å². The predicted molar refractivity (Wildman–Crippen MR) is 76.3 cm³/mol. The lowest BCUT2D eigenvalue weighted by Gasteiger charge is -2.20. The summed E-state index contributed by atoms with van der Waals surface area (Å²) in [6.07, 6.45) is 2.11. The molecule has 4 N–H and O–H groups in total. The van der Waals surface area contributed by atoms with Gasteiger partial charge in [0.25, 0.3) is 0 Å². The summed E-state index contributed by atoms with van der Waals surface area (Å²) in [4.78, 5) is 38.9. The van der Waals surface area contributed by atoms with Crippen molar-refractivity contribution in [3.05, 3.63) is 0 Å². The second-order valence-electron chi connectivity index (χ2n) is 5.01. The van der Waals surface area contributed by atoms with Crippen LogP contribution in [0.1, 0.15) is 52.4 Å². The van der Waals surface area contributed by atoms with Gasteiger partial charge in [0.15, 0.2) is 0 Å². The highest BCUT2D eigenvalue weighted by Crippen LogP contribution is 2.17. The molecule has 0 aromatic rings. The number of rotatable bonds is 4. The van der Waals surface area contributed by atoms with E-state index in [0.29, 0.717) is 0 Å². The summed E-state index contributed by atoms with van der Waals surface area (Å²) < 4.78 is 0. The third-order valence-electron chi connectivity index (χ3n) is 2.47. The van der Waals surface area contributed by atoms with Crippen molar-refractivity contribution >= 4 is 23.5 Å². The Hall–Kier alpha value is -1.80. The molecule has 0 saturated heterocycles. The minimum Gasteiger partial charge on any atom is -0.481 e. The smallest absolute Gasteiger partial charge is 0.310 e. The second kappa shape index (κ2) is 12.9. The standard InChI is InChI=1S/C6H12O2.2C4H6O3/c7-5-1-2-6(8)4-3-5;2*1-3(5)2-4(6)7/h5-8H,1-4H2;2*2H2,1H3,(H,6,7). The Morgan fingerprint density at radius 2 is 0.955 bits per heavy atom. The molecular weight excluding hydrogens is 296 g/mol. The zero-order valence-corrected chi connectivity index (χ0v) is 12.8. The molecule has 0 radical (unpaired) electrons. The van der Waals surface area contributed by atoms with Crippen molar-refractivity contribution in [1.82, 2.24) is 0 Å². The van der Waals surface area contributed by atoms with Gasteiger partial charge < -0.3 is 20.4 Å². The van der Waals surface area contributed by atoms with E-state index < -0.39 is 11.9 Å². The molecular formula is C14H24O8. The van der Waals surface area contributed by atoms with Gasteiger partial charge in [-0.3, -0.25) is 19.2 Å². The quantitative estimate of drug-likeness (QED) is 0.543. The SMILES string of the molecule is CC(=O)CC(=O)O.CC(=O)CC(=O)O.OC1CCC(O)CC1. The molecule has 0 spiro atoms. The van der Waals surface area contributed by atoms with E-state index in [1.54, 1.807) is 0 Å². The van der Waals surface area contributed by atoms with Gasteiger partial charge in [-0.1, -0.05) is 0 Å². The number of aliphatic hydroxyl groups excluding tert-OH is 2. The van der Waals surface area contributed by atoms with Crippen LogP contribution in [0.3, 0.4) is 0 Å². The van der Waals surface area contributed by atoms with Crippen molar-refractivity contribution in [3.63, 3.8) is 0 Å². The fourth-order valence-electron chi connectivity index (χ4n) is 1.48. The molecule has 1 rings (SSSR count). The number of carboxylic acids is 2. The zero-order chi connectivity index (χ0) is 17.7. The fourth-order valence-corrected chi connectivity index (χ4v) is 1.48. The highest BCUT2D eigenvalue weighted by atomic mass is 16.4. The molecule has 128 valence electrons. The molecule has 1 fully saturated rings. The van der Waals surface area contributed by atoms with E-state index in [9.17, 15) is 19.2 Å². The Balaban J connectivity index is 0. The maximum Gasteiger partial charge on any atom is 0.310 e. The Morgan fingerprint density at radius 3 is 1.05 bits per heavy atom. The number of Topliss-reactive ketones (excluding diaryl/α,β-unsaturated/α-hetero) is 2. The second-order valence-corrected chi connectivity index (χ2v) is 5.01. The molecule has 1 aliphatic carbocycles. The molecule has 1 aliphatic rings. The first kappa shape index (κ1) is 22.5. The summed E-state index contributed by atoms with van der Waals surface area (Å²) in [6, 6.07) is 0. The fraction of sp³-hybridized carbons (Fsp3) is 0.714. The van der Waals surface area contributed by atoms with Crippen LogP contribution in [0.25, 0.3) is 0 Å². The van der Waals surface area contributed by atoms with Crippen LogP contribution in [0, 0.1) is 0 Å². The van der Waals surface area contributed by atoms with E-state index >= 15 is 0 Å². The minimum absolute atomic E-state index is 0.140. The summed E-state index contributed by atoms with van der Waals surface area (Å²) in [5.74, 6) is -2.75. The summed E-state index contributed by atoms with van der Waals surface area (Å²) in [5, 5.41) is 33.6. The molecule has 8 nitrogen and oxygen atoms in total. The minimum atomic E-state index is -1.06. The van der Waals surface area contributed by atoms with Crippen molar-refractivity contribution in [1.29, 1.82) is 0 Å². The molecule has 0 amide bonds. The monoisotopic (exact) mass is 320 g/mol. The third-order valence-corrected chi connectivity index (χ3v) is 2.47. The maximum atomic E-state index is 9.87. The average molecular weight is 320 g/mol. The van der Waals surface area contributed by atoms with Gasteiger partial charge in [-0.05, 0) is 39.5 Å². The number of aliphatic carboxylic acids is 2. The van der Waals surface area contributed by atoms with E-state index in [-0.39, 0.29) is 36.6 Å². The topological polar surface area (TPSA) is 149 Å². The lowest BCUT2D eigenvalue weighted by atomic mass is 9.95. The van der Waals surface area contributed by atoms with Crippen molar-refractivity contribution in [2.24, 2.45) is 0 Å². The van der Waals surface area contributed by atoms with Crippen LogP contribution in [-0.2, 0) is 19.2 Å². The normalized spacial score (nSPS) is 19.6. The molecule has 0 bridgehead atoms. The zero-order valence-electron chi connectivity index (χ0n) is 12.8. The summed E-state index contributed by atoms with van der Waals surface area (Å²) >= 11 is 0. The number of ketones is 2. The molecule has 0 aromatic carbocycles. The van der Waals surface area contributed by atoms with Gasteiger partial charge in [0.1, 0.15) is 24.4 Å². The molecule has 1 saturated carbocycles. The van der Waals surface area contributed by atoms with Gasteiger partial charge in [-0.15, -0.1) is 0 Å². The Morgan fingerprint density at radius 1 is 0.727 bits per heavy atom. The van der Waals surface area contributed by atoms with Crippen LogP contribution in [0.5, 0.6) is 0 Å². The number of hydrogen-bond donors (Lipinski definition) is 4. The maximum absolute atomic E-state index is 9.87. The molecule has 0 atom stereocenters. The van der Waals surface area contributed by atoms with Crippen LogP contribution >= 0.6 is 0 Å². The Kier molecular flexibility index (Phi) is 13.2. The summed E-state index contributed by atoms with van der Waals surface area (Å²) in [7, 11) is 0. The first-order chi connectivity index (χ1) is 10.0. The molecule has 8 heteroatoms. The molecule has 22 heavy (non-hydrogen) atoms. The van der Waals surface area contributed by atoms with Crippen molar-refractivity contribution < 1.29 is 39.6 Å². The Labute approximate surface area is 128 Å². The van der Waals surface area contributed by atoms with Crippen LogP contribution in [0.15, 0.2) is 0 Å². The van der Waals surface area contributed by atoms with E-state index in [4.69, 9.17) is 20.4 Å². The lowest BCUT2D eigenvalue weighted by Crippen LogP contribution is -2.21. The first-order valence-corrected chi connectivity index (χ1v) is 6.83. The highest BCUT2D eigenvalue weighted by Gasteiger charge is 2.15. The van der Waals surface area contributed by atoms with Gasteiger partial charge in [-0.25, -0.2) is 0 Å². The molecule has 0 heterocycles. The number of carbonyl (C=O) groups is 4. The van der Waals surface area contributed by atoms with Crippen molar-refractivity contribution in [2.45, 2.75) is 64.6 Å². The van der Waals surface area contributed by atoms with Gasteiger partial charge in [0, 0.05) is 0 Å². The van der Waals surface area contributed by atoms with Gasteiger partial charge in [-0.2, -0.15) is 0 Å². The summed E-state index contributed by atoms with van der Waals surface area (Å²) in [6.45, 7) is 2.49. The van der Waals surface area contributed by atoms with Crippen LogP contribution < -0.4 is 0 Å². The van der Waals surface area contributed by atoms with Crippen LogP contribution in [-0.4, -0.2) is 56.1 Å². The average Bonchev–Trinajstić information content (AvgIpc) is 2.31. The van der Waals surface area contributed by atoms with Crippen LogP contribution in [0.2, 0.25) is 0 Å². The molecule has 0 aliphatic heterocycles.